The van der Waals surface area contributed by atoms with E-state index in [4.69, 9.17) is 9.47 Å². The molecule has 4 nitrogen and oxygen atoms in total. The second kappa shape index (κ2) is 10.8. The molecule has 1 heterocycles. The van der Waals surface area contributed by atoms with Gasteiger partial charge in [0.1, 0.15) is 19.3 Å². The molecule has 0 amide bonds. The van der Waals surface area contributed by atoms with E-state index >= 15 is 0 Å². The minimum atomic E-state index is -0.808. The highest BCUT2D eigenvalue weighted by atomic mass is 16.6. The molecule has 0 saturated carbocycles. The molecule has 0 aromatic rings. The van der Waals surface area contributed by atoms with Crippen molar-refractivity contribution < 1.29 is 19.4 Å². The fourth-order valence-corrected chi connectivity index (χ4v) is 2.13. The van der Waals surface area contributed by atoms with Crippen LogP contribution in [0.25, 0.3) is 0 Å². The molecule has 20 heavy (non-hydrogen) atoms. The van der Waals surface area contributed by atoms with Gasteiger partial charge in [0.05, 0.1) is 0 Å². The Kier molecular flexibility index (Phi) is 9.21. The third-order valence-electron chi connectivity index (χ3n) is 3.31. The molecule has 1 atom stereocenters. The molecule has 1 aliphatic heterocycles. The first-order chi connectivity index (χ1) is 9.72. The van der Waals surface area contributed by atoms with Crippen molar-refractivity contribution in [3.63, 3.8) is 0 Å². The first-order valence-electron chi connectivity index (χ1n) is 7.77. The van der Waals surface area contributed by atoms with E-state index in [9.17, 15) is 9.90 Å². The lowest BCUT2D eigenvalue weighted by atomic mass is 9.69. The summed E-state index contributed by atoms with van der Waals surface area (Å²) in [5, 5.41) is 9.27. The van der Waals surface area contributed by atoms with E-state index < -0.39 is 6.29 Å². The number of carbonyl (C=O) groups is 1. The largest absolute Gasteiger partial charge is 0.468 e. The summed E-state index contributed by atoms with van der Waals surface area (Å²) >= 11 is 0. The maximum atomic E-state index is 11.5. The maximum absolute atomic E-state index is 11.5. The van der Waals surface area contributed by atoms with Crippen molar-refractivity contribution in [2.45, 2.75) is 77.2 Å². The highest BCUT2D eigenvalue weighted by Gasteiger charge is 2.16. The lowest BCUT2D eigenvalue weighted by Crippen LogP contribution is -2.20. The van der Waals surface area contributed by atoms with E-state index in [2.05, 4.69) is 6.92 Å². The fraction of sp³-hybridized carbons (Fsp3) is 0.800. The first-order valence-corrected chi connectivity index (χ1v) is 7.77. The molecule has 1 saturated heterocycles. The monoisotopic (exact) mass is 281 g/mol. The number of rotatable bonds is 9. The van der Waals surface area contributed by atoms with E-state index in [1.165, 1.54) is 38.4 Å². The summed E-state index contributed by atoms with van der Waals surface area (Å²) in [4.78, 5) is 11.5. The van der Waals surface area contributed by atoms with Crippen molar-refractivity contribution in [3.05, 3.63) is 12.0 Å². The normalized spacial score (nSPS) is 20.3. The smallest absolute Gasteiger partial charge is 0.310 e. The van der Waals surface area contributed by atoms with Crippen LogP contribution in [0.15, 0.2) is 12.0 Å². The molecule has 0 spiro atoms. The van der Waals surface area contributed by atoms with Gasteiger partial charge in [-0.3, -0.25) is 4.79 Å². The number of allylic oxidation sites excluding steroid dienone is 1. The predicted molar refractivity (Wildman–Crippen MR) is 79.2 cm³/mol. The summed E-state index contributed by atoms with van der Waals surface area (Å²) < 4.78 is 10.1. The highest BCUT2D eigenvalue weighted by Crippen LogP contribution is 2.17. The van der Waals surface area contributed by atoms with Gasteiger partial charge < -0.3 is 14.6 Å². The summed E-state index contributed by atoms with van der Waals surface area (Å²) in [7, 11) is 1.91. The lowest BCUT2D eigenvalue weighted by molar-refractivity contribution is -0.139. The van der Waals surface area contributed by atoms with Crippen LogP contribution in [-0.2, 0) is 14.3 Å². The Bertz CT molecular complexity index is 304. The summed E-state index contributed by atoms with van der Waals surface area (Å²) in [5.41, 5.74) is 0. The summed E-state index contributed by atoms with van der Waals surface area (Å²) in [6.45, 7) is 2.21. The Hall–Kier alpha value is -0.965. The SMILES string of the molecule is CCCCCCCCCC(=O)O/C=C1\C[B]CC(O)O1. The number of carbonyl (C=O) groups excluding carboxylic acids is 1. The molecule has 1 rings (SSSR count). The standard InChI is InChI=1S/C15H26BO4/c1-2-3-4-5-6-7-8-9-14(17)19-12-13-10-16-11-15(18)20-13/h12,15,18H,2-11H2,1H3/b13-12+. The molecule has 0 aromatic carbocycles. The predicted octanol–water partition coefficient (Wildman–Crippen LogP) is 3.40. The van der Waals surface area contributed by atoms with E-state index in [0.717, 1.165) is 12.8 Å². The topological polar surface area (TPSA) is 55.8 Å². The van der Waals surface area contributed by atoms with Crippen LogP contribution in [0.4, 0.5) is 0 Å². The lowest BCUT2D eigenvalue weighted by Gasteiger charge is -2.20. The van der Waals surface area contributed by atoms with E-state index in [1.807, 2.05) is 7.28 Å². The number of hydrogen-bond acceptors (Lipinski definition) is 4. The van der Waals surface area contributed by atoms with Crippen LogP contribution in [-0.4, -0.2) is 24.6 Å². The minimum absolute atomic E-state index is 0.227. The average Bonchev–Trinajstić information content (AvgIpc) is 2.44. The number of esters is 1. The van der Waals surface area contributed by atoms with Crippen LogP contribution >= 0.6 is 0 Å². The van der Waals surface area contributed by atoms with E-state index in [1.54, 1.807) is 0 Å². The third kappa shape index (κ3) is 8.25. The van der Waals surface area contributed by atoms with Crippen LogP contribution in [0.3, 0.4) is 0 Å². The van der Waals surface area contributed by atoms with Crippen LogP contribution in [0.2, 0.25) is 12.6 Å². The molecule has 1 aliphatic rings. The molecule has 1 radical (unpaired) electrons. The van der Waals surface area contributed by atoms with Crippen molar-refractivity contribution in [2.24, 2.45) is 0 Å². The van der Waals surface area contributed by atoms with Crippen molar-refractivity contribution in [1.82, 2.24) is 0 Å². The zero-order chi connectivity index (χ0) is 14.6. The van der Waals surface area contributed by atoms with Gasteiger partial charge in [0, 0.05) is 6.42 Å². The minimum Gasteiger partial charge on any atom is -0.468 e. The number of unbranched alkanes of at least 4 members (excludes halogenated alkanes) is 6. The van der Waals surface area contributed by atoms with Gasteiger partial charge in [0.25, 0.3) is 0 Å². The number of ether oxygens (including phenoxy) is 2. The van der Waals surface area contributed by atoms with Gasteiger partial charge in [-0.05, 0) is 19.1 Å². The van der Waals surface area contributed by atoms with Gasteiger partial charge in [0.2, 0.25) is 0 Å². The fourth-order valence-electron chi connectivity index (χ4n) is 2.13. The van der Waals surface area contributed by atoms with Crippen molar-refractivity contribution >= 4 is 13.2 Å². The van der Waals surface area contributed by atoms with Crippen molar-refractivity contribution in [2.75, 3.05) is 0 Å². The van der Waals surface area contributed by atoms with E-state index in [0.29, 0.717) is 24.8 Å². The summed E-state index contributed by atoms with van der Waals surface area (Å²) in [6.07, 6.45) is 10.3. The number of aliphatic hydroxyl groups excluding tert-OH is 1. The Morgan fingerprint density at radius 2 is 2.05 bits per heavy atom. The van der Waals surface area contributed by atoms with Gasteiger partial charge in [-0.25, -0.2) is 0 Å². The number of aliphatic hydroxyl groups is 1. The Labute approximate surface area is 122 Å². The van der Waals surface area contributed by atoms with Gasteiger partial charge >= 0.3 is 5.97 Å². The molecule has 1 unspecified atom stereocenters. The zero-order valence-corrected chi connectivity index (χ0v) is 12.5. The molecule has 0 bridgehead atoms. The van der Waals surface area contributed by atoms with Gasteiger partial charge in [0.15, 0.2) is 6.29 Å². The molecular weight excluding hydrogens is 255 g/mol. The molecule has 113 valence electrons. The van der Waals surface area contributed by atoms with Gasteiger partial charge in [-0.2, -0.15) is 0 Å². The van der Waals surface area contributed by atoms with Crippen LogP contribution < -0.4 is 0 Å². The second-order valence-corrected chi connectivity index (χ2v) is 5.25. The van der Waals surface area contributed by atoms with Gasteiger partial charge in [-0.15, -0.1) is 0 Å². The Morgan fingerprint density at radius 3 is 2.75 bits per heavy atom. The van der Waals surface area contributed by atoms with E-state index in [-0.39, 0.29) is 5.97 Å². The maximum Gasteiger partial charge on any atom is 0.310 e. The quantitative estimate of drug-likeness (QED) is 0.304. The van der Waals surface area contributed by atoms with Crippen LogP contribution in [0.1, 0.15) is 58.3 Å². The molecule has 5 heteroatoms. The molecule has 1 fully saturated rings. The summed E-state index contributed by atoms with van der Waals surface area (Å²) in [6, 6.07) is 0. The molecule has 0 aromatic heterocycles. The molecular formula is C15H26BO4. The zero-order valence-electron chi connectivity index (χ0n) is 12.5. The Morgan fingerprint density at radius 1 is 1.35 bits per heavy atom. The van der Waals surface area contributed by atoms with Crippen molar-refractivity contribution in [3.8, 4) is 0 Å². The average molecular weight is 281 g/mol. The molecule has 1 N–H and O–H groups in total. The van der Waals surface area contributed by atoms with Crippen LogP contribution in [0.5, 0.6) is 0 Å². The third-order valence-corrected chi connectivity index (χ3v) is 3.31. The summed E-state index contributed by atoms with van der Waals surface area (Å²) in [5.74, 6) is 0.284. The second-order valence-electron chi connectivity index (χ2n) is 5.25. The number of hydrogen-bond donors (Lipinski definition) is 1. The first kappa shape index (κ1) is 17.1. The highest BCUT2D eigenvalue weighted by molar-refractivity contribution is 6.36. The Balaban J connectivity index is 2.01. The van der Waals surface area contributed by atoms with Gasteiger partial charge in [-0.1, -0.05) is 45.4 Å². The molecule has 0 aliphatic carbocycles. The van der Waals surface area contributed by atoms with Crippen LogP contribution in [0, 0.1) is 0 Å². The van der Waals surface area contributed by atoms with Crippen molar-refractivity contribution in [1.29, 1.82) is 0 Å².